The number of phenols is 2. The van der Waals surface area contributed by atoms with Gasteiger partial charge in [-0.05, 0) is 35.4 Å². The number of ether oxygens (including phenoxy) is 1. The fraction of sp³-hybridized carbons (Fsp3) is 0.0769. The van der Waals surface area contributed by atoms with Crippen molar-refractivity contribution in [1.29, 1.82) is 0 Å². The number of methoxy groups -OCH3 is 1. The van der Waals surface area contributed by atoms with Crippen molar-refractivity contribution in [1.82, 2.24) is 0 Å². The van der Waals surface area contributed by atoms with Crippen molar-refractivity contribution < 1.29 is 33.8 Å². The molecule has 21 heavy (non-hydrogen) atoms. The second-order valence-corrected chi connectivity index (χ2v) is 5.35. The summed E-state index contributed by atoms with van der Waals surface area (Å²) in [5.74, 6) is -0.338. The van der Waals surface area contributed by atoms with Crippen LogP contribution in [-0.4, -0.2) is 27.1 Å². The number of phenolic OH excluding ortho intramolecular Hbond substituents is 2. The molecule has 0 saturated heterocycles. The summed E-state index contributed by atoms with van der Waals surface area (Å²) in [5, 5.41) is 18.8. The normalized spacial score (nSPS) is 11.2. The van der Waals surface area contributed by atoms with Crippen LogP contribution in [0.2, 0.25) is 0 Å². The van der Waals surface area contributed by atoms with Gasteiger partial charge in [0.05, 0.1) is 7.11 Å². The molecule has 0 saturated carbocycles. The molecule has 0 amide bonds. The second kappa shape index (κ2) is 5.65. The molecule has 0 bridgehead atoms. The first-order valence-electron chi connectivity index (χ1n) is 5.75. The zero-order valence-electron chi connectivity index (χ0n) is 10.9. The van der Waals surface area contributed by atoms with Gasteiger partial charge in [0, 0.05) is 6.07 Å². The average Bonchev–Trinajstić information content (AvgIpc) is 2.39. The third kappa shape index (κ3) is 3.88. The number of hydrogen-bond donors (Lipinski definition) is 4. The quantitative estimate of drug-likeness (QED) is 0.505. The van der Waals surface area contributed by atoms with Crippen LogP contribution in [0.4, 0.5) is 0 Å². The number of benzene rings is 2. The zero-order chi connectivity index (χ0) is 15.6. The lowest BCUT2D eigenvalue weighted by Gasteiger charge is -2.11. The minimum atomic E-state index is -4.69. The lowest BCUT2D eigenvalue weighted by molar-refractivity contribution is 0.283. The SMILES string of the molecule is COc1cc(OP(=O)(O)O)cc(-c2ccc(O)c(O)c2)c1. The lowest BCUT2D eigenvalue weighted by atomic mass is 10.0. The van der Waals surface area contributed by atoms with Gasteiger partial charge in [0.25, 0.3) is 0 Å². The van der Waals surface area contributed by atoms with E-state index in [2.05, 4.69) is 4.52 Å². The number of phosphoric acid groups is 1. The molecule has 0 fully saturated rings. The van der Waals surface area contributed by atoms with Crippen molar-refractivity contribution in [3.8, 4) is 34.1 Å². The van der Waals surface area contributed by atoms with Gasteiger partial charge in [0.2, 0.25) is 0 Å². The first-order chi connectivity index (χ1) is 9.78. The van der Waals surface area contributed by atoms with E-state index >= 15 is 0 Å². The Bertz CT molecular complexity index is 708. The Balaban J connectivity index is 2.49. The molecule has 112 valence electrons. The molecule has 2 aromatic carbocycles. The maximum absolute atomic E-state index is 10.9. The Morgan fingerprint density at radius 3 is 2.14 bits per heavy atom. The third-order valence-corrected chi connectivity index (χ3v) is 3.10. The van der Waals surface area contributed by atoms with Crippen LogP contribution >= 0.6 is 7.82 Å². The molecule has 4 N–H and O–H groups in total. The first kappa shape index (κ1) is 15.2. The Hall–Kier alpha value is -2.21. The Kier molecular flexibility index (Phi) is 4.09. The molecule has 0 atom stereocenters. The van der Waals surface area contributed by atoms with Crippen LogP contribution in [0, 0.1) is 0 Å². The van der Waals surface area contributed by atoms with Crippen LogP contribution in [0.15, 0.2) is 36.4 Å². The zero-order valence-corrected chi connectivity index (χ0v) is 11.8. The van der Waals surface area contributed by atoms with Gasteiger partial charge in [0.15, 0.2) is 11.5 Å². The van der Waals surface area contributed by atoms with E-state index in [0.29, 0.717) is 16.9 Å². The lowest BCUT2D eigenvalue weighted by Crippen LogP contribution is -1.92. The van der Waals surface area contributed by atoms with Gasteiger partial charge in [-0.25, -0.2) is 4.57 Å². The topological polar surface area (TPSA) is 116 Å². The first-order valence-corrected chi connectivity index (χ1v) is 7.28. The largest absolute Gasteiger partial charge is 0.524 e. The van der Waals surface area contributed by atoms with Crippen LogP contribution in [0.3, 0.4) is 0 Å². The van der Waals surface area contributed by atoms with Crippen molar-refractivity contribution in [3.63, 3.8) is 0 Å². The molecular formula is C13H13O7P. The molecule has 0 aromatic heterocycles. The summed E-state index contributed by atoms with van der Waals surface area (Å²) in [7, 11) is -3.29. The van der Waals surface area contributed by atoms with E-state index in [0.717, 1.165) is 0 Å². The fourth-order valence-corrected chi connectivity index (χ4v) is 2.13. The van der Waals surface area contributed by atoms with Crippen molar-refractivity contribution in [2.24, 2.45) is 0 Å². The van der Waals surface area contributed by atoms with Gasteiger partial charge in [-0.2, -0.15) is 0 Å². The highest BCUT2D eigenvalue weighted by Gasteiger charge is 2.17. The second-order valence-electron chi connectivity index (χ2n) is 4.18. The van der Waals surface area contributed by atoms with Gasteiger partial charge >= 0.3 is 7.82 Å². The molecular weight excluding hydrogens is 299 g/mol. The fourth-order valence-electron chi connectivity index (χ4n) is 1.75. The van der Waals surface area contributed by atoms with Gasteiger partial charge in [0.1, 0.15) is 11.5 Å². The van der Waals surface area contributed by atoms with Gasteiger partial charge in [-0.15, -0.1) is 0 Å². The summed E-state index contributed by atoms with van der Waals surface area (Å²) < 4.78 is 20.5. The molecule has 0 aliphatic rings. The van der Waals surface area contributed by atoms with E-state index in [1.807, 2.05) is 0 Å². The smallest absolute Gasteiger partial charge is 0.504 e. The minimum absolute atomic E-state index is 0.0785. The number of phosphoric ester groups is 1. The van der Waals surface area contributed by atoms with Crippen LogP contribution in [0.5, 0.6) is 23.0 Å². The Morgan fingerprint density at radius 1 is 0.905 bits per heavy atom. The highest BCUT2D eigenvalue weighted by molar-refractivity contribution is 7.46. The molecule has 0 heterocycles. The molecule has 7 nitrogen and oxygen atoms in total. The predicted molar refractivity (Wildman–Crippen MR) is 74.4 cm³/mol. The monoisotopic (exact) mass is 312 g/mol. The average molecular weight is 312 g/mol. The van der Waals surface area contributed by atoms with Crippen molar-refractivity contribution >= 4 is 7.82 Å². The van der Waals surface area contributed by atoms with Gasteiger partial charge in [-0.1, -0.05) is 6.07 Å². The molecule has 2 rings (SSSR count). The molecule has 2 aromatic rings. The molecule has 0 radical (unpaired) electrons. The molecule has 0 spiro atoms. The van der Waals surface area contributed by atoms with E-state index < -0.39 is 7.82 Å². The van der Waals surface area contributed by atoms with E-state index in [9.17, 15) is 14.8 Å². The Labute approximate surface area is 120 Å². The maximum Gasteiger partial charge on any atom is 0.524 e. The minimum Gasteiger partial charge on any atom is -0.504 e. The molecule has 8 heteroatoms. The van der Waals surface area contributed by atoms with E-state index in [1.54, 1.807) is 6.07 Å². The summed E-state index contributed by atoms with van der Waals surface area (Å²) in [6.07, 6.45) is 0. The van der Waals surface area contributed by atoms with Crippen molar-refractivity contribution in [2.75, 3.05) is 7.11 Å². The predicted octanol–water partition coefficient (Wildman–Crippen LogP) is 2.24. The van der Waals surface area contributed by atoms with Crippen LogP contribution in [0.25, 0.3) is 11.1 Å². The summed E-state index contributed by atoms with van der Waals surface area (Å²) in [5.41, 5.74) is 1.01. The number of hydrogen-bond acceptors (Lipinski definition) is 5. The highest BCUT2D eigenvalue weighted by Crippen LogP contribution is 2.41. The van der Waals surface area contributed by atoms with E-state index in [-0.39, 0.29) is 17.2 Å². The maximum atomic E-state index is 10.9. The summed E-state index contributed by atoms with van der Waals surface area (Å²) in [4.78, 5) is 17.7. The standard InChI is InChI=1S/C13H13O7P/c1-19-10-4-9(5-11(7-10)20-21(16,17)18)8-2-3-12(14)13(15)6-8/h2-7,14-15H,1H3,(H2,16,17,18). The number of aromatic hydroxyl groups is 2. The van der Waals surface area contributed by atoms with Gasteiger partial charge in [-0.3, -0.25) is 9.79 Å². The summed E-state index contributed by atoms with van der Waals surface area (Å²) >= 11 is 0. The van der Waals surface area contributed by atoms with Gasteiger partial charge < -0.3 is 19.5 Å². The van der Waals surface area contributed by atoms with Crippen molar-refractivity contribution in [2.45, 2.75) is 0 Å². The number of rotatable bonds is 4. The summed E-state index contributed by atoms with van der Waals surface area (Å²) in [6.45, 7) is 0. The van der Waals surface area contributed by atoms with E-state index in [4.69, 9.17) is 14.5 Å². The third-order valence-electron chi connectivity index (χ3n) is 2.65. The van der Waals surface area contributed by atoms with E-state index in [1.165, 1.54) is 37.4 Å². The summed E-state index contributed by atoms with van der Waals surface area (Å²) in [6, 6.07) is 8.44. The Morgan fingerprint density at radius 2 is 1.57 bits per heavy atom. The van der Waals surface area contributed by atoms with Crippen LogP contribution in [0.1, 0.15) is 0 Å². The molecule has 0 aliphatic carbocycles. The van der Waals surface area contributed by atoms with Crippen LogP contribution in [-0.2, 0) is 4.57 Å². The van der Waals surface area contributed by atoms with Crippen molar-refractivity contribution in [3.05, 3.63) is 36.4 Å². The highest BCUT2D eigenvalue weighted by atomic mass is 31.2. The molecule has 0 aliphatic heterocycles. The molecule has 0 unspecified atom stereocenters. The van der Waals surface area contributed by atoms with Crippen LogP contribution < -0.4 is 9.26 Å².